The Balaban J connectivity index is 1.91. The van der Waals surface area contributed by atoms with Crippen LogP contribution in [-0.2, 0) is 0 Å². The standard InChI is InChI=1S/C21H17BOS3/c1-23-18-8-3-2-7-16(18)15-17(19-9-4-12-24-19)22(20-10-5-13-25-20)21-11-6-14-26-21/h2-15H,1H3/b17-15-. The summed E-state index contributed by atoms with van der Waals surface area (Å²) in [6, 6.07) is 21.3. The van der Waals surface area contributed by atoms with Crippen LogP contribution in [0.15, 0.2) is 76.8 Å². The molecule has 0 atom stereocenters. The van der Waals surface area contributed by atoms with E-state index in [1.54, 1.807) is 18.4 Å². The Morgan fingerprint density at radius 3 is 2.04 bits per heavy atom. The number of hydrogen-bond donors (Lipinski definition) is 0. The van der Waals surface area contributed by atoms with Crippen LogP contribution >= 0.6 is 34.0 Å². The van der Waals surface area contributed by atoms with Gasteiger partial charge in [0.2, 0.25) is 0 Å². The summed E-state index contributed by atoms with van der Waals surface area (Å²) in [5.74, 6) is 0.901. The number of para-hydroxylation sites is 1. The van der Waals surface area contributed by atoms with Crippen molar-refractivity contribution in [1.82, 2.24) is 0 Å². The van der Waals surface area contributed by atoms with Crippen molar-refractivity contribution in [1.29, 1.82) is 0 Å². The molecule has 128 valence electrons. The summed E-state index contributed by atoms with van der Waals surface area (Å²) in [6.45, 7) is 0.235. The van der Waals surface area contributed by atoms with Crippen molar-refractivity contribution in [2.24, 2.45) is 0 Å². The maximum absolute atomic E-state index is 5.59. The zero-order valence-electron chi connectivity index (χ0n) is 14.3. The first kappa shape index (κ1) is 17.3. The van der Waals surface area contributed by atoms with E-state index in [1.807, 2.05) is 34.8 Å². The molecule has 0 N–H and O–H groups in total. The number of benzene rings is 1. The highest BCUT2D eigenvalue weighted by molar-refractivity contribution is 7.35. The van der Waals surface area contributed by atoms with Gasteiger partial charge in [0.05, 0.1) is 7.11 Å². The van der Waals surface area contributed by atoms with Gasteiger partial charge in [-0.15, -0.1) is 11.3 Å². The van der Waals surface area contributed by atoms with Gasteiger partial charge in [0.1, 0.15) is 5.75 Å². The molecule has 0 radical (unpaired) electrons. The second kappa shape index (κ2) is 8.08. The summed E-state index contributed by atoms with van der Waals surface area (Å²) >= 11 is 5.42. The first-order valence-electron chi connectivity index (χ1n) is 8.32. The van der Waals surface area contributed by atoms with Crippen molar-refractivity contribution in [3.8, 4) is 5.75 Å². The third kappa shape index (κ3) is 3.56. The van der Waals surface area contributed by atoms with E-state index in [4.69, 9.17) is 4.74 Å². The van der Waals surface area contributed by atoms with Crippen LogP contribution < -0.4 is 14.3 Å². The van der Waals surface area contributed by atoms with Gasteiger partial charge < -0.3 is 4.74 Å². The molecule has 0 saturated carbocycles. The molecule has 0 spiro atoms. The molecule has 0 fully saturated rings. The van der Waals surface area contributed by atoms with Crippen molar-refractivity contribution in [3.05, 3.63) is 87.2 Å². The molecule has 4 aromatic rings. The van der Waals surface area contributed by atoms with E-state index in [1.165, 1.54) is 19.9 Å². The predicted octanol–water partition coefficient (Wildman–Crippen LogP) is 5.27. The van der Waals surface area contributed by atoms with Crippen molar-refractivity contribution in [2.75, 3.05) is 7.11 Å². The molecule has 1 nitrogen and oxygen atoms in total. The second-order valence-corrected chi connectivity index (χ2v) is 8.69. The minimum Gasteiger partial charge on any atom is -0.496 e. The van der Waals surface area contributed by atoms with E-state index in [2.05, 4.69) is 70.7 Å². The maximum atomic E-state index is 5.59. The molecular weight excluding hydrogens is 375 g/mol. The topological polar surface area (TPSA) is 9.23 Å². The zero-order valence-corrected chi connectivity index (χ0v) is 16.7. The first-order chi connectivity index (χ1) is 12.9. The molecule has 5 heteroatoms. The van der Waals surface area contributed by atoms with E-state index in [0.29, 0.717) is 0 Å². The van der Waals surface area contributed by atoms with Crippen molar-refractivity contribution in [3.63, 3.8) is 0 Å². The largest absolute Gasteiger partial charge is 0.496 e. The third-order valence-corrected chi connectivity index (χ3v) is 7.02. The molecule has 3 aromatic heterocycles. The lowest BCUT2D eigenvalue weighted by Gasteiger charge is -2.15. The van der Waals surface area contributed by atoms with Gasteiger partial charge in [-0.25, -0.2) is 0 Å². The van der Waals surface area contributed by atoms with Crippen LogP contribution in [0.4, 0.5) is 0 Å². The molecule has 1 aromatic carbocycles. The highest BCUT2D eigenvalue weighted by atomic mass is 32.1. The van der Waals surface area contributed by atoms with Gasteiger partial charge in [0, 0.05) is 10.4 Å². The number of rotatable bonds is 6. The molecule has 0 aliphatic heterocycles. The lowest BCUT2D eigenvalue weighted by atomic mass is 9.42. The number of hydrogen-bond acceptors (Lipinski definition) is 4. The quantitative estimate of drug-likeness (QED) is 0.406. The Morgan fingerprint density at radius 2 is 1.46 bits per heavy atom. The van der Waals surface area contributed by atoms with E-state index in [9.17, 15) is 0 Å². The van der Waals surface area contributed by atoms with Gasteiger partial charge in [-0.1, -0.05) is 54.6 Å². The molecule has 0 bridgehead atoms. The molecule has 3 heterocycles. The molecular formula is C21H17BOS3. The van der Waals surface area contributed by atoms with Crippen molar-refractivity contribution < 1.29 is 4.74 Å². The second-order valence-electron chi connectivity index (χ2n) is 5.78. The molecule has 0 aliphatic rings. The van der Waals surface area contributed by atoms with Gasteiger partial charge in [-0.3, -0.25) is 0 Å². The molecule has 0 unspecified atom stereocenters. The van der Waals surface area contributed by atoms with Crippen LogP contribution in [0.3, 0.4) is 0 Å². The molecule has 0 aliphatic carbocycles. The Hall–Kier alpha value is -2.08. The highest BCUT2D eigenvalue weighted by Crippen LogP contribution is 2.29. The van der Waals surface area contributed by atoms with E-state index < -0.39 is 0 Å². The van der Waals surface area contributed by atoms with Crippen molar-refractivity contribution >= 4 is 61.8 Å². The Bertz CT molecular complexity index is 936. The maximum Gasteiger partial charge on any atom is 0.267 e. The average Bonchev–Trinajstić information content (AvgIpc) is 3.44. The fraction of sp³-hybridized carbons (Fsp3) is 0.0476. The Kier molecular flexibility index (Phi) is 5.39. The molecule has 0 amide bonds. The lowest BCUT2D eigenvalue weighted by molar-refractivity contribution is 0.414. The normalized spacial score (nSPS) is 11.5. The van der Waals surface area contributed by atoms with Crippen molar-refractivity contribution in [2.45, 2.75) is 0 Å². The van der Waals surface area contributed by atoms with Gasteiger partial charge >= 0.3 is 0 Å². The van der Waals surface area contributed by atoms with Crippen LogP contribution in [0, 0.1) is 0 Å². The van der Waals surface area contributed by atoms with Crippen LogP contribution in [0.2, 0.25) is 0 Å². The average molecular weight is 392 g/mol. The summed E-state index contributed by atoms with van der Waals surface area (Å²) in [6.07, 6.45) is 2.29. The summed E-state index contributed by atoms with van der Waals surface area (Å²) in [5, 5.41) is 6.46. The Morgan fingerprint density at radius 1 is 0.808 bits per heavy atom. The summed E-state index contributed by atoms with van der Waals surface area (Å²) < 4.78 is 8.31. The number of methoxy groups -OCH3 is 1. The first-order valence-corrected chi connectivity index (χ1v) is 11.0. The van der Waals surface area contributed by atoms with Gasteiger partial charge in [0.15, 0.2) is 0 Å². The van der Waals surface area contributed by atoms with Crippen LogP contribution in [-0.4, -0.2) is 13.8 Å². The monoisotopic (exact) mass is 392 g/mol. The SMILES string of the molecule is COc1ccccc1/C=C(\B(c1cccs1)c1cccs1)c1cccs1. The van der Waals surface area contributed by atoms with Crippen LogP contribution in [0.1, 0.15) is 10.4 Å². The number of thiophene rings is 3. The van der Waals surface area contributed by atoms with Gasteiger partial charge in [-0.2, -0.15) is 22.7 Å². The molecule has 4 rings (SSSR count). The number of ether oxygens (including phenoxy) is 1. The Labute approximate surface area is 166 Å². The van der Waals surface area contributed by atoms with E-state index in [0.717, 1.165) is 11.3 Å². The molecule has 0 saturated heterocycles. The minimum atomic E-state index is 0.235. The van der Waals surface area contributed by atoms with Gasteiger partial charge in [0.25, 0.3) is 6.71 Å². The minimum absolute atomic E-state index is 0.235. The summed E-state index contributed by atoms with van der Waals surface area (Å²) in [5.41, 5.74) is 2.42. The summed E-state index contributed by atoms with van der Waals surface area (Å²) in [7, 11) is 1.73. The molecule has 26 heavy (non-hydrogen) atoms. The van der Waals surface area contributed by atoms with E-state index >= 15 is 0 Å². The summed E-state index contributed by atoms with van der Waals surface area (Å²) in [4.78, 5) is 1.29. The predicted molar refractivity (Wildman–Crippen MR) is 119 cm³/mol. The highest BCUT2D eigenvalue weighted by Gasteiger charge is 2.28. The fourth-order valence-electron chi connectivity index (χ4n) is 3.05. The van der Waals surface area contributed by atoms with E-state index in [-0.39, 0.29) is 6.71 Å². The van der Waals surface area contributed by atoms with Crippen LogP contribution in [0.25, 0.3) is 11.5 Å². The lowest BCUT2D eigenvalue weighted by Crippen LogP contribution is -2.40. The fourth-order valence-corrected chi connectivity index (χ4v) is 5.62. The smallest absolute Gasteiger partial charge is 0.267 e. The van der Waals surface area contributed by atoms with Gasteiger partial charge in [-0.05, 0) is 43.3 Å². The van der Waals surface area contributed by atoms with Crippen LogP contribution in [0.5, 0.6) is 5.75 Å². The zero-order chi connectivity index (χ0) is 17.8. The third-order valence-electron chi connectivity index (χ3n) is 4.22.